The van der Waals surface area contributed by atoms with Gasteiger partial charge in [0.2, 0.25) is 0 Å². The maximum absolute atomic E-state index is 11.2. The third-order valence-electron chi connectivity index (χ3n) is 4.24. The first-order valence-electron chi connectivity index (χ1n) is 7.17. The highest BCUT2D eigenvalue weighted by Gasteiger charge is 2.24. The van der Waals surface area contributed by atoms with Gasteiger partial charge in [-0.25, -0.2) is 0 Å². The van der Waals surface area contributed by atoms with Crippen molar-refractivity contribution in [1.29, 1.82) is 0 Å². The number of carboxylic acids is 1. The first-order valence-corrected chi connectivity index (χ1v) is 7.17. The molecule has 21 heavy (non-hydrogen) atoms. The van der Waals surface area contributed by atoms with Gasteiger partial charge in [-0.3, -0.25) is 14.5 Å². The fraction of sp³-hybridized carbons (Fsp3) is 0.375. The Morgan fingerprint density at radius 2 is 2.00 bits per heavy atom. The quantitative estimate of drug-likeness (QED) is 0.875. The molecule has 0 saturated carbocycles. The number of carboxylic acid groups (broad SMARTS) is 1. The fourth-order valence-electron chi connectivity index (χ4n) is 3.02. The number of para-hydroxylation sites is 1. The lowest BCUT2D eigenvalue weighted by Gasteiger charge is -2.30. The van der Waals surface area contributed by atoms with Crippen molar-refractivity contribution in [2.75, 3.05) is 13.1 Å². The van der Waals surface area contributed by atoms with Gasteiger partial charge < -0.3 is 9.67 Å². The van der Waals surface area contributed by atoms with E-state index in [9.17, 15) is 9.59 Å². The molecule has 2 aromatic rings. The van der Waals surface area contributed by atoms with E-state index in [0.717, 1.165) is 30.3 Å². The van der Waals surface area contributed by atoms with Crippen LogP contribution < -0.4 is 0 Å². The van der Waals surface area contributed by atoms with E-state index in [1.807, 2.05) is 30.5 Å². The van der Waals surface area contributed by atoms with Crippen molar-refractivity contribution in [3.8, 4) is 0 Å². The predicted octanol–water partition coefficient (Wildman–Crippen LogP) is 2.21. The molecule has 1 N–H and O–H groups in total. The molecule has 110 valence electrons. The van der Waals surface area contributed by atoms with Crippen LogP contribution in [-0.4, -0.2) is 39.9 Å². The number of hydrogen-bond acceptors (Lipinski definition) is 3. The van der Waals surface area contributed by atoms with Gasteiger partial charge in [0, 0.05) is 35.8 Å². The summed E-state index contributed by atoms with van der Waals surface area (Å²) in [5.41, 5.74) is 1.74. The van der Waals surface area contributed by atoms with E-state index in [4.69, 9.17) is 5.11 Å². The molecule has 1 aromatic heterocycles. The van der Waals surface area contributed by atoms with E-state index in [0.29, 0.717) is 25.1 Å². The predicted molar refractivity (Wildman–Crippen MR) is 79.3 cm³/mol. The van der Waals surface area contributed by atoms with E-state index < -0.39 is 5.97 Å². The summed E-state index contributed by atoms with van der Waals surface area (Å²) in [5.74, 6) is -0.905. The Labute approximate surface area is 122 Å². The summed E-state index contributed by atoms with van der Waals surface area (Å²) in [6, 6.07) is 7.85. The van der Waals surface area contributed by atoms with Crippen molar-refractivity contribution in [1.82, 2.24) is 9.47 Å². The highest BCUT2D eigenvalue weighted by atomic mass is 16.4. The Kier molecular flexibility index (Phi) is 3.75. The van der Waals surface area contributed by atoms with Crippen molar-refractivity contribution >= 4 is 23.2 Å². The second kappa shape index (κ2) is 5.69. The Morgan fingerprint density at radius 1 is 1.29 bits per heavy atom. The molecule has 1 saturated heterocycles. The summed E-state index contributed by atoms with van der Waals surface area (Å²) in [6.07, 6.45) is 4.14. The number of aromatic nitrogens is 1. The molecule has 3 rings (SSSR count). The molecular formula is C16H18N2O3. The molecule has 0 bridgehead atoms. The number of benzene rings is 1. The van der Waals surface area contributed by atoms with Gasteiger partial charge in [-0.2, -0.15) is 0 Å². The van der Waals surface area contributed by atoms with Crippen molar-refractivity contribution in [3.63, 3.8) is 0 Å². The lowest BCUT2D eigenvalue weighted by atomic mass is 9.97. The second-order valence-electron chi connectivity index (χ2n) is 5.56. The van der Waals surface area contributed by atoms with Crippen LogP contribution in [-0.2, 0) is 11.5 Å². The maximum Gasteiger partial charge on any atom is 0.306 e. The molecular weight excluding hydrogens is 268 g/mol. The summed E-state index contributed by atoms with van der Waals surface area (Å²) in [6.45, 7) is 2.25. The zero-order valence-electron chi connectivity index (χ0n) is 11.7. The first kappa shape index (κ1) is 13.8. The molecule has 2 heterocycles. The van der Waals surface area contributed by atoms with Gasteiger partial charge in [-0.05, 0) is 18.9 Å². The molecule has 0 radical (unpaired) electrons. The molecule has 5 nitrogen and oxygen atoms in total. The first-order chi connectivity index (χ1) is 10.2. The summed E-state index contributed by atoms with van der Waals surface area (Å²) in [7, 11) is 0. The number of hydrogen-bond donors (Lipinski definition) is 1. The lowest BCUT2D eigenvalue weighted by molar-refractivity contribution is -0.143. The lowest BCUT2D eigenvalue weighted by Crippen LogP contribution is -2.37. The average Bonchev–Trinajstić information content (AvgIpc) is 2.86. The van der Waals surface area contributed by atoms with Crippen molar-refractivity contribution in [3.05, 3.63) is 36.0 Å². The topological polar surface area (TPSA) is 62.5 Å². The summed E-state index contributed by atoms with van der Waals surface area (Å²) in [4.78, 5) is 24.4. The number of likely N-dealkylation sites (tertiary alicyclic amines) is 1. The number of carbonyl (C=O) groups is 2. The van der Waals surface area contributed by atoms with Crippen LogP contribution in [0.5, 0.6) is 0 Å². The van der Waals surface area contributed by atoms with E-state index >= 15 is 0 Å². The molecule has 0 unspecified atom stereocenters. The Hall–Kier alpha value is -2.14. The molecule has 0 atom stereocenters. The molecule has 1 aromatic carbocycles. The van der Waals surface area contributed by atoms with Gasteiger partial charge in [0.15, 0.2) is 6.29 Å². The van der Waals surface area contributed by atoms with Crippen molar-refractivity contribution < 1.29 is 14.7 Å². The van der Waals surface area contributed by atoms with Gasteiger partial charge in [0.05, 0.1) is 12.6 Å². The van der Waals surface area contributed by atoms with Gasteiger partial charge in [-0.1, -0.05) is 18.2 Å². The molecule has 1 aliphatic heterocycles. The van der Waals surface area contributed by atoms with E-state index in [1.54, 1.807) is 0 Å². The standard InChI is InChI=1S/C16H18N2O3/c19-10-13-9-18(15-4-2-1-3-14(13)15)11-17-7-5-12(6-8-17)16(20)21/h1-4,9-10,12H,5-8,11H2,(H,20,21). The van der Waals surface area contributed by atoms with E-state index in [1.165, 1.54) is 0 Å². The largest absolute Gasteiger partial charge is 0.481 e. The number of piperidine rings is 1. The third-order valence-corrected chi connectivity index (χ3v) is 4.24. The van der Waals surface area contributed by atoms with Crippen LogP contribution in [0, 0.1) is 5.92 Å². The minimum Gasteiger partial charge on any atom is -0.481 e. The SMILES string of the molecule is O=Cc1cn(CN2CCC(C(=O)O)CC2)c2ccccc12. The third kappa shape index (κ3) is 2.69. The number of fused-ring (bicyclic) bond motifs is 1. The number of rotatable bonds is 4. The number of carbonyl (C=O) groups excluding carboxylic acids is 1. The van der Waals surface area contributed by atoms with Gasteiger partial charge in [0.1, 0.15) is 0 Å². The molecule has 0 spiro atoms. The smallest absolute Gasteiger partial charge is 0.306 e. The molecule has 1 fully saturated rings. The van der Waals surface area contributed by atoms with Crippen LogP contribution in [0.4, 0.5) is 0 Å². The maximum atomic E-state index is 11.2. The fourth-order valence-corrected chi connectivity index (χ4v) is 3.02. The molecule has 5 heteroatoms. The van der Waals surface area contributed by atoms with Gasteiger partial charge in [-0.15, -0.1) is 0 Å². The normalized spacial score (nSPS) is 17.1. The number of aliphatic carboxylic acids is 1. The molecule has 0 amide bonds. The highest BCUT2D eigenvalue weighted by molar-refractivity contribution is 5.97. The zero-order chi connectivity index (χ0) is 14.8. The van der Waals surface area contributed by atoms with Crippen LogP contribution in [0.15, 0.2) is 30.5 Å². The number of nitrogens with zero attached hydrogens (tertiary/aromatic N) is 2. The second-order valence-corrected chi connectivity index (χ2v) is 5.56. The van der Waals surface area contributed by atoms with Crippen LogP contribution in [0.2, 0.25) is 0 Å². The zero-order valence-corrected chi connectivity index (χ0v) is 11.7. The van der Waals surface area contributed by atoms with Crippen LogP contribution >= 0.6 is 0 Å². The summed E-state index contributed by atoms with van der Waals surface area (Å²) < 4.78 is 2.07. The van der Waals surface area contributed by atoms with Crippen LogP contribution in [0.1, 0.15) is 23.2 Å². The molecule has 1 aliphatic rings. The minimum absolute atomic E-state index is 0.215. The average molecular weight is 286 g/mol. The summed E-state index contributed by atoms with van der Waals surface area (Å²) >= 11 is 0. The van der Waals surface area contributed by atoms with E-state index in [-0.39, 0.29) is 5.92 Å². The van der Waals surface area contributed by atoms with Crippen molar-refractivity contribution in [2.24, 2.45) is 5.92 Å². The Bertz CT molecular complexity index is 669. The minimum atomic E-state index is -0.690. The summed E-state index contributed by atoms with van der Waals surface area (Å²) in [5, 5.41) is 9.99. The van der Waals surface area contributed by atoms with Gasteiger partial charge in [0.25, 0.3) is 0 Å². The van der Waals surface area contributed by atoms with Crippen LogP contribution in [0.25, 0.3) is 10.9 Å². The van der Waals surface area contributed by atoms with Gasteiger partial charge >= 0.3 is 5.97 Å². The monoisotopic (exact) mass is 286 g/mol. The highest BCUT2D eigenvalue weighted by Crippen LogP contribution is 2.22. The van der Waals surface area contributed by atoms with Crippen molar-refractivity contribution in [2.45, 2.75) is 19.5 Å². The Balaban J connectivity index is 1.77. The molecule has 0 aliphatic carbocycles. The number of aldehydes is 1. The van der Waals surface area contributed by atoms with E-state index in [2.05, 4.69) is 9.47 Å². The van der Waals surface area contributed by atoms with Crippen LogP contribution in [0.3, 0.4) is 0 Å². The Morgan fingerprint density at radius 3 is 2.67 bits per heavy atom.